The van der Waals surface area contributed by atoms with Gasteiger partial charge in [-0.3, -0.25) is 10.1 Å². The monoisotopic (exact) mass is 563 g/mol. The fraction of sp³-hybridized carbons (Fsp3) is 0.185. The van der Waals surface area contributed by atoms with Crippen LogP contribution < -0.4 is 14.8 Å². The van der Waals surface area contributed by atoms with Crippen molar-refractivity contribution in [2.75, 3.05) is 6.61 Å². The summed E-state index contributed by atoms with van der Waals surface area (Å²) in [4.78, 5) is 13.5. The number of aromatic hydroxyl groups is 1. The number of thioether (sulfide) groups is 1. The zero-order valence-corrected chi connectivity index (χ0v) is 21.7. The molecule has 3 heterocycles. The van der Waals surface area contributed by atoms with Gasteiger partial charge in [-0.1, -0.05) is 52.3 Å². The number of carbonyl (C=O) groups excluding carboxylic acids is 1. The highest BCUT2D eigenvalue weighted by Crippen LogP contribution is 2.53. The Kier molecular flexibility index (Phi) is 5.69. The molecule has 3 aromatic rings. The molecule has 3 aliphatic heterocycles. The minimum absolute atomic E-state index is 0.0621. The van der Waals surface area contributed by atoms with Gasteiger partial charge in [-0.2, -0.15) is 5.10 Å². The molecule has 1 fully saturated rings. The van der Waals surface area contributed by atoms with Gasteiger partial charge in [0.2, 0.25) is 0 Å². The number of amides is 1. The molecule has 0 radical (unpaired) electrons. The van der Waals surface area contributed by atoms with Crippen molar-refractivity contribution in [1.82, 2.24) is 10.3 Å². The Morgan fingerprint density at radius 2 is 2.08 bits per heavy atom. The normalized spacial score (nSPS) is 23.2. The van der Waals surface area contributed by atoms with Crippen LogP contribution >= 0.6 is 27.7 Å². The number of carbonyl (C=O) groups is 1. The molecular formula is C27H22BrN3O4S. The second-order valence-corrected chi connectivity index (χ2v) is 10.5. The van der Waals surface area contributed by atoms with Gasteiger partial charge in [0.05, 0.1) is 23.3 Å². The van der Waals surface area contributed by atoms with E-state index in [-0.39, 0.29) is 17.0 Å². The lowest BCUT2D eigenvalue weighted by Crippen LogP contribution is -2.61. The molecular weight excluding hydrogens is 542 g/mol. The van der Waals surface area contributed by atoms with Crippen LogP contribution in [0.4, 0.5) is 4.79 Å². The molecule has 0 bridgehead atoms. The molecule has 182 valence electrons. The van der Waals surface area contributed by atoms with Crippen molar-refractivity contribution < 1.29 is 19.4 Å². The van der Waals surface area contributed by atoms with Crippen LogP contribution in [0.1, 0.15) is 36.1 Å². The first-order valence-electron chi connectivity index (χ1n) is 11.6. The predicted molar refractivity (Wildman–Crippen MR) is 143 cm³/mol. The second-order valence-electron chi connectivity index (χ2n) is 8.59. The largest absolute Gasteiger partial charge is 0.504 e. The number of phenols is 1. The number of hydrogen-bond acceptors (Lipinski definition) is 7. The minimum atomic E-state index is -1.30. The molecule has 0 saturated carbocycles. The fourth-order valence-electron chi connectivity index (χ4n) is 4.74. The average molecular weight is 564 g/mol. The Morgan fingerprint density at radius 1 is 1.25 bits per heavy atom. The second kappa shape index (κ2) is 8.90. The SMILES string of the molecule is CCOc1cc(/C=C2\SC(=O)NC23Oc2ccc(Br)cc2C2CC(c4ccccc4)=NN23)ccc1O. The van der Waals surface area contributed by atoms with E-state index in [1.165, 1.54) is 0 Å². The van der Waals surface area contributed by atoms with E-state index in [0.29, 0.717) is 29.4 Å². The molecule has 2 unspecified atom stereocenters. The lowest BCUT2D eigenvalue weighted by atomic mass is 9.95. The molecule has 1 saturated heterocycles. The third kappa shape index (κ3) is 3.83. The molecule has 1 amide bonds. The minimum Gasteiger partial charge on any atom is -0.504 e. The molecule has 3 aromatic carbocycles. The van der Waals surface area contributed by atoms with Crippen molar-refractivity contribution in [2.24, 2.45) is 5.10 Å². The van der Waals surface area contributed by atoms with Crippen molar-refractivity contribution in [3.8, 4) is 17.2 Å². The quantitative estimate of drug-likeness (QED) is 0.390. The Hall–Kier alpha value is -3.43. The number of phenolic OH excluding ortho intramolecular Hbond substituents is 1. The van der Waals surface area contributed by atoms with Crippen LogP contribution in [-0.4, -0.2) is 33.5 Å². The van der Waals surface area contributed by atoms with Crippen LogP contribution in [0.2, 0.25) is 0 Å². The Bertz CT molecular complexity index is 1430. The maximum Gasteiger partial charge on any atom is 0.314 e. The van der Waals surface area contributed by atoms with Gasteiger partial charge in [-0.05, 0) is 66.2 Å². The number of fused-ring (bicyclic) bond motifs is 4. The lowest BCUT2D eigenvalue weighted by molar-refractivity contribution is -0.0949. The number of hydrazone groups is 1. The third-order valence-corrected chi connectivity index (χ3v) is 7.71. The zero-order valence-electron chi connectivity index (χ0n) is 19.3. The molecule has 36 heavy (non-hydrogen) atoms. The van der Waals surface area contributed by atoms with E-state index in [9.17, 15) is 9.90 Å². The first-order chi connectivity index (χ1) is 17.5. The molecule has 9 heteroatoms. The molecule has 3 aliphatic rings. The predicted octanol–water partition coefficient (Wildman–Crippen LogP) is 6.25. The number of halogens is 1. The topological polar surface area (TPSA) is 83.4 Å². The van der Waals surface area contributed by atoms with Gasteiger partial charge in [-0.25, -0.2) is 5.01 Å². The van der Waals surface area contributed by atoms with E-state index < -0.39 is 5.85 Å². The highest BCUT2D eigenvalue weighted by molar-refractivity contribution is 9.10. The van der Waals surface area contributed by atoms with Crippen molar-refractivity contribution in [3.63, 3.8) is 0 Å². The summed E-state index contributed by atoms with van der Waals surface area (Å²) in [6, 6.07) is 20.9. The molecule has 2 atom stereocenters. The smallest absolute Gasteiger partial charge is 0.314 e. The van der Waals surface area contributed by atoms with E-state index in [1.807, 2.05) is 66.5 Å². The highest BCUT2D eigenvalue weighted by Gasteiger charge is 2.58. The van der Waals surface area contributed by atoms with Gasteiger partial charge >= 0.3 is 5.85 Å². The molecule has 2 N–H and O–H groups in total. The summed E-state index contributed by atoms with van der Waals surface area (Å²) in [6.07, 6.45) is 2.54. The zero-order chi connectivity index (χ0) is 24.9. The van der Waals surface area contributed by atoms with Gasteiger partial charge in [0.25, 0.3) is 5.24 Å². The molecule has 7 nitrogen and oxygen atoms in total. The van der Waals surface area contributed by atoms with E-state index >= 15 is 0 Å². The van der Waals surface area contributed by atoms with Gasteiger partial charge in [0.1, 0.15) is 5.75 Å². The van der Waals surface area contributed by atoms with Crippen LogP contribution in [0.5, 0.6) is 17.2 Å². The maximum absolute atomic E-state index is 12.8. The summed E-state index contributed by atoms with van der Waals surface area (Å²) >= 11 is 4.66. The number of nitrogens with zero attached hydrogens (tertiary/aromatic N) is 2. The van der Waals surface area contributed by atoms with Crippen molar-refractivity contribution in [2.45, 2.75) is 25.2 Å². The molecule has 0 aromatic heterocycles. The number of benzene rings is 3. The summed E-state index contributed by atoms with van der Waals surface area (Å²) in [6.45, 7) is 2.28. The van der Waals surface area contributed by atoms with Crippen molar-refractivity contribution >= 4 is 44.7 Å². The fourth-order valence-corrected chi connectivity index (χ4v) is 6.02. The van der Waals surface area contributed by atoms with Crippen LogP contribution in [0.25, 0.3) is 6.08 Å². The molecule has 0 aliphatic carbocycles. The summed E-state index contributed by atoms with van der Waals surface area (Å²) in [7, 11) is 0. The summed E-state index contributed by atoms with van der Waals surface area (Å²) in [5.41, 5.74) is 3.72. The Labute approximate surface area is 220 Å². The highest BCUT2D eigenvalue weighted by atomic mass is 79.9. The van der Waals surface area contributed by atoms with Gasteiger partial charge in [-0.15, -0.1) is 0 Å². The molecule has 6 rings (SSSR count). The van der Waals surface area contributed by atoms with Crippen LogP contribution in [-0.2, 0) is 0 Å². The van der Waals surface area contributed by atoms with Gasteiger partial charge < -0.3 is 14.6 Å². The van der Waals surface area contributed by atoms with E-state index in [2.05, 4.69) is 21.2 Å². The number of hydrogen-bond donors (Lipinski definition) is 2. The summed E-state index contributed by atoms with van der Waals surface area (Å²) in [5, 5.41) is 19.8. The summed E-state index contributed by atoms with van der Waals surface area (Å²) in [5.74, 6) is -0.162. The van der Waals surface area contributed by atoms with E-state index in [1.54, 1.807) is 18.2 Å². The first-order valence-corrected chi connectivity index (χ1v) is 13.2. The van der Waals surface area contributed by atoms with Crippen molar-refractivity contribution in [3.05, 3.63) is 92.8 Å². The van der Waals surface area contributed by atoms with E-state index in [0.717, 1.165) is 38.6 Å². The number of rotatable bonds is 4. The lowest BCUT2D eigenvalue weighted by Gasteiger charge is -2.45. The van der Waals surface area contributed by atoms with Gasteiger partial charge in [0, 0.05) is 16.5 Å². The van der Waals surface area contributed by atoms with Crippen molar-refractivity contribution in [1.29, 1.82) is 0 Å². The average Bonchev–Trinajstić information content (AvgIpc) is 3.45. The van der Waals surface area contributed by atoms with E-state index in [4.69, 9.17) is 14.6 Å². The van der Waals surface area contributed by atoms with Crippen LogP contribution in [0, 0.1) is 0 Å². The number of nitrogens with one attached hydrogen (secondary N) is 1. The maximum atomic E-state index is 12.8. The third-order valence-electron chi connectivity index (χ3n) is 6.32. The molecule has 1 spiro atoms. The van der Waals surface area contributed by atoms with Gasteiger partial charge in [0.15, 0.2) is 11.5 Å². The number of ether oxygens (including phenoxy) is 2. The standard InChI is InChI=1S/C27H22BrN3O4S/c1-2-34-24-12-16(8-10-22(24)32)13-25-27(29-26(33)36-25)31-21(19-14-18(28)9-11-23(19)35-27)15-20(30-31)17-6-4-3-5-7-17/h3-14,21,32H,2,15H2,1H3,(H,29,33)/b25-13-. The van der Waals surface area contributed by atoms with Crippen LogP contribution in [0.3, 0.4) is 0 Å². The first kappa shape index (κ1) is 23.0. The Morgan fingerprint density at radius 3 is 2.89 bits per heavy atom. The Balaban J connectivity index is 1.50. The summed E-state index contributed by atoms with van der Waals surface area (Å²) < 4.78 is 13.1. The van der Waals surface area contributed by atoms with Crippen LogP contribution in [0.15, 0.2) is 81.2 Å².